The van der Waals surface area contributed by atoms with Gasteiger partial charge in [-0.25, -0.2) is 0 Å². The molecule has 0 aromatic heterocycles. The molecule has 0 heterocycles. The van der Waals surface area contributed by atoms with Crippen LogP contribution in [0, 0.1) is 11.3 Å². The molecular weight excluding hydrogens is 186 g/mol. The van der Waals surface area contributed by atoms with E-state index in [-0.39, 0.29) is 5.92 Å². The molecule has 1 aromatic carbocycles. The highest BCUT2D eigenvalue weighted by molar-refractivity contribution is 5.27. The standard InChI is InChI=1S/C13H15NO/c14-10-13(15)9-5-4-8-12(13)11-6-2-1-3-7-11/h1-3,6-7,12,15H,4-5,8-9H2/t12-,13-/m0/s1. The second-order valence-corrected chi connectivity index (χ2v) is 4.25. The molecule has 0 amide bonds. The van der Waals surface area contributed by atoms with Crippen LogP contribution in [0.4, 0.5) is 0 Å². The fraction of sp³-hybridized carbons (Fsp3) is 0.462. The summed E-state index contributed by atoms with van der Waals surface area (Å²) in [5, 5.41) is 19.3. The Morgan fingerprint density at radius 1 is 1.27 bits per heavy atom. The van der Waals surface area contributed by atoms with Crippen molar-refractivity contribution in [1.82, 2.24) is 0 Å². The number of hydrogen-bond acceptors (Lipinski definition) is 2. The van der Waals surface area contributed by atoms with Gasteiger partial charge in [-0.3, -0.25) is 0 Å². The average Bonchev–Trinajstić information content (AvgIpc) is 2.31. The summed E-state index contributed by atoms with van der Waals surface area (Å²) in [6, 6.07) is 12.0. The fourth-order valence-electron chi connectivity index (χ4n) is 2.42. The molecule has 2 rings (SSSR count). The summed E-state index contributed by atoms with van der Waals surface area (Å²) in [5.74, 6) is -0.0163. The first-order valence-corrected chi connectivity index (χ1v) is 5.45. The third kappa shape index (κ3) is 1.88. The zero-order valence-corrected chi connectivity index (χ0v) is 8.69. The molecule has 1 N–H and O–H groups in total. The van der Waals surface area contributed by atoms with Crippen LogP contribution in [0.15, 0.2) is 30.3 Å². The van der Waals surface area contributed by atoms with Gasteiger partial charge in [-0.2, -0.15) is 5.26 Å². The molecule has 1 aliphatic carbocycles. The van der Waals surface area contributed by atoms with Crippen molar-refractivity contribution in [2.24, 2.45) is 0 Å². The van der Waals surface area contributed by atoms with Gasteiger partial charge in [-0.15, -0.1) is 0 Å². The first kappa shape index (κ1) is 10.2. The lowest BCUT2D eigenvalue weighted by atomic mass is 9.73. The Morgan fingerprint density at radius 3 is 2.67 bits per heavy atom. The highest BCUT2D eigenvalue weighted by Crippen LogP contribution is 2.40. The normalized spacial score (nSPS) is 30.8. The van der Waals surface area contributed by atoms with Crippen LogP contribution >= 0.6 is 0 Å². The van der Waals surface area contributed by atoms with Gasteiger partial charge < -0.3 is 5.11 Å². The maximum absolute atomic E-state index is 10.2. The van der Waals surface area contributed by atoms with Crippen LogP contribution in [0.1, 0.15) is 37.2 Å². The molecule has 1 fully saturated rings. The Balaban J connectivity index is 2.31. The Kier molecular flexibility index (Phi) is 2.75. The third-order valence-electron chi connectivity index (χ3n) is 3.27. The molecule has 0 radical (unpaired) electrons. The largest absolute Gasteiger partial charge is 0.375 e. The number of aliphatic hydroxyl groups is 1. The smallest absolute Gasteiger partial charge is 0.157 e. The van der Waals surface area contributed by atoms with E-state index < -0.39 is 5.60 Å². The summed E-state index contributed by atoms with van der Waals surface area (Å²) in [6.45, 7) is 0. The van der Waals surface area contributed by atoms with Crippen molar-refractivity contribution in [2.45, 2.75) is 37.2 Å². The summed E-state index contributed by atoms with van der Waals surface area (Å²) in [5.41, 5.74) is -0.0687. The topological polar surface area (TPSA) is 44.0 Å². The van der Waals surface area contributed by atoms with Crippen molar-refractivity contribution in [2.75, 3.05) is 0 Å². The van der Waals surface area contributed by atoms with Crippen molar-refractivity contribution in [1.29, 1.82) is 5.26 Å². The van der Waals surface area contributed by atoms with E-state index in [1.807, 2.05) is 30.3 Å². The maximum atomic E-state index is 10.2. The second kappa shape index (κ2) is 4.04. The number of rotatable bonds is 1. The predicted octanol–water partition coefficient (Wildman–Crippen LogP) is 2.60. The lowest BCUT2D eigenvalue weighted by molar-refractivity contribution is 0.0361. The summed E-state index contributed by atoms with van der Waals surface area (Å²) in [4.78, 5) is 0. The first-order chi connectivity index (χ1) is 7.26. The van der Waals surface area contributed by atoms with Crippen LogP contribution in [-0.4, -0.2) is 10.7 Å². The molecule has 78 valence electrons. The van der Waals surface area contributed by atoms with Crippen LogP contribution in [-0.2, 0) is 0 Å². The fourth-order valence-corrected chi connectivity index (χ4v) is 2.42. The van der Waals surface area contributed by atoms with Gasteiger partial charge in [0.05, 0.1) is 6.07 Å². The molecule has 15 heavy (non-hydrogen) atoms. The zero-order valence-electron chi connectivity index (χ0n) is 8.69. The number of benzene rings is 1. The quantitative estimate of drug-likeness (QED) is 0.710. The number of hydrogen-bond donors (Lipinski definition) is 1. The van der Waals surface area contributed by atoms with Crippen LogP contribution in [0.3, 0.4) is 0 Å². The van der Waals surface area contributed by atoms with Crippen molar-refractivity contribution in [3.8, 4) is 6.07 Å². The first-order valence-electron chi connectivity index (χ1n) is 5.45. The second-order valence-electron chi connectivity index (χ2n) is 4.25. The maximum Gasteiger partial charge on any atom is 0.157 e. The van der Waals surface area contributed by atoms with E-state index in [9.17, 15) is 5.11 Å². The van der Waals surface area contributed by atoms with E-state index in [0.717, 1.165) is 24.8 Å². The van der Waals surface area contributed by atoms with E-state index >= 15 is 0 Å². The van der Waals surface area contributed by atoms with Gasteiger partial charge in [0.2, 0.25) is 0 Å². The number of nitrogens with zero attached hydrogens (tertiary/aromatic N) is 1. The van der Waals surface area contributed by atoms with Gasteiger partial charge in [-0.05, 0) is 24.8 Å². The van der Waals surface area contributed by atoms with Crippen molar-refractivity contribution in [3.05, 3.63) is 35.9 Å². The van der Waals surface area contributed by atoms with Crippen molar-refractivity contribution >= 4 is 0 Å². The predicted molar refractivity (Wildman–Crippen MR) is 58.2 cm³/mol. The van der Waals surface area contributed by atoms with E-state index in [4.69, 9.17) is 5.26 Å². The van der Waals surface area contributed by atoms with Crippen LogP contribution in [0.2, 0.25) is 0 Å². The lowest BCUT2D eigenvalue weighted by Crippen LogP contribution is -2.37. The van der Waals surface area contributed by atoms with Crippen molar-refractivity contribution in [3.63, 3.8) is 0 Å². The van der Waals surface area contributed by atoms with Crippen LogP contribution < -0.4 is 0 Å². The van der Waals surface area contributed by atoms with Gasteiger partial charge in [0.15, 0.2) is 5.60 Å². The molecule has 0 spiro atoms. The summed E-state index contributed by atoms with van der Waals surface area (Å²) >= 11 is 0. The molecule has 0 bridgehead atoms. The molecule has 1 aliphatic rings. The van der Waals surface area contributed by atoms with E-state index in [0.29, 0.717) is 6.42 Å². The SMILES string of the molecule is N#C[C@@]1(O)CCCC[C@H]1c1ccccc1. The zero-order chi connectivity index (χ0) is 10.7. The molecule has 1 aromatic rings. The Bertz CT molecular complexity index is 368. The minimum atomic E-state index is -1.15. The Labute approximate surface area is 90.2 Å². The van der Waals surface area contributed by atoms with Crippen LogP contribution in [0.25, 0.3) is 0 Å². The molecule has 0 aliphatic heterocycles. The van der Waals surface area contributed by atoms with Gasteiger partial charge >= 0.3 is 0 Å². The minimum absolute atomic E-state index is 0.0163. The monoisotopic (exact) mass is 201 g/mol. The third-order valence-corrected chi connectivity index (χ3v) is 3.27. The van der Waals surface area contributed by atoms with Crippen molar-refractivity contribution < 1.29 is 5.11 Å². The molecule has 0 unspecified atom stereocenters. The van der Waals surface area contributed by atoms with Gasteiger partial charge in [-0.1, -0.05) is 36.8 Å². The highest BCUT2D eigenvalue weighted by Gasteiger charge is 2.39. The molecular formula is C13H15NO. The Morgan fingerprint density at radius 2 is 2.00 bits per heavy atom. The minimum Gasteiger partial charge on any atom is -0.375 e. The summed E-state index contributed by atoms with van der Waals surface area (Å²) in [7, 11) is 0. The highest BCUT2D eigenvalue weighted by atomic mass is 16.3. The summed E-state index contributed by atoms with van der Waals surface area (Å²) < 4.78 is 0. The molecule has 2 atom stereocenters. The summed E-state index contributed by atoms with van der Waals surface area (Å²) in [6.07, 6.45) is 3.56. The molecule has 2 heteroatoms. The van der Waals surface area contributed by atoms with Crippen LogP contribution in [0.5, 0.6) is 0 Å². The van der Waals surface area contributed by atoms with Gasteiger partial charge in [0.25, 0.3) is 0 Å². The molecule has 0 saturated heterocycles. The molecule has 2 nitrogen and oxygen atoms in total. The van der Waals surface area contributed by atoms with Gasteiger partial charge in [0.1, 0.15) is 0 Å². The number of nitriles is 1. The lowest BCUT2D eigenvalue weighted by Gasteiger charge is -2.34. The van der Waals surface area contributed by atoms with E-state index in [1.165, 1.54) is 0 Å². The van der Waals surface area contributed by atoms with Gasteiger partial charge in [0, 0.05) is 5.92 Å². The average molecular weight is 201 g/mol. The van der Waals surface area contributed by atoms with E-state index in [2.05, 4.69) is 6.07 Å². The molecule has 1 saturated carbocycles. The Hall–Kier alpha value is -1.33. The van der Waals surface area contributed by atoms with E-state index in [1.54, 1.807) is 0 Å².